The summed E-state index contributed by atoms with van der Waals surface area (Å²) in [5, 5.41) is 0. The van der Waals surface area contributed by atoms with E-state index in [1.54, 1.807) is 0 Å². The van der Waals surface area contributed by atoms with Crippen LogP contribution < -0.4 is 9.47 Å². The quantitative estimate of drug-likeness (QED) is 0.544. The summed E-state index contributed by atoms with van der Waals surface area (Å²) in [5.74, 6) is 1.59. The third-order valence-corrected chi connectivity index (χ3v) is 2.99. The molecular formula is C17H24O4. The number of ether oxygens (including phenoxy) is 4. The Labute approximate surface area is 126 Å². The van der Waals surface area contributed by atoms with E-state index in [1.165, 1.54) is 0 Å². The van der Waals surface area contributed by atoms with Gasteiger partial charge < -0.3 is 18.9 Å². The van der Waals surface area contributed by atoms with E-state index < -0.39 is 0 Å². The fourth-order valence-electron chi connectivity index (χ4n) is 1.97. The first-order chi connectivity index (χ1) is 10.3. The molecule has 0 aliphatic carbocycles. The van der Waals surface area contributed by atoms with Crippen LogP contribution in [0.3, 0.4) is 0 Å². The highest BCUT2D eigenvalue weighted by molar-refractivity contribution is 5.40. The zero-order valence-electron chi connectivity index (χ0n) is 12.8. The van der Waals surface area contributed by atoms with Crippen LogP contribution in [-0.2, 0) is 9.47 Å². The minimum atomic E-state index is -0.0439. The first-order valence-corrected chi connectivity index (χ1v) is 7.48. The molecule has 4 heteroatoms. The Morgan fingerprint density at radius 1 is 1.24 bits per heavy atom. The van der Waals surface area contributed by atoms with Gasteiger partial charge in [-0.15, -0.1) is 0 Å². The molecule has 21 heavy (non-hydrogen) atoms. The number of hydrogen-bond acceptors (Lipinski definition) is 4. The fourth-order valence-corrected chi connectivity index (χ4v) is 1.97. The predicted molar refractivity (Wildman–Crippen MR) is 82.0 cm³/mol. The molecule has 0 radical (unpaired) electrons. The Kier molecular flexibility index (Phi) is 6.57. The summed E-state index contributed by atoms with van der Waals surface area (Å²) in [5.41, 5.74) is 0. The largest absolute Gasteiger partial charge is 0.486 e. The highest BCUT2D eigenvalue weighted by Gasteiger charge is 2.20. The minimum absolute atomic E-state index is 0.0439. The van der Waals surface area contributed by atoms with Gasteiger partial charge in [-0.3, -0.25) is 0 Å². The second-order valence-electron chi connectivity index (χ2n) is 5.21. The molecule has 1 heterocycles. The van der Waals surface area contributed by atoms with Gasteiger partial charge in [-0.05, 0) is 32.4 Å². The van der Waals surface area contributed by atoms with Gasteiger partial charge >= 0.3 is 0 Å². The van der Waals surface area contributed by atoms with Gasteiger partial charge in [0, 0.05) is 0 Å². The van der Waals surface area contributed by atoms with Crippen LogP contribution in [0.1, 0.15) is 20.3 Å². The molecule has 4 nitrogen and oxygen atoms in total. The first-order valence-electron chi connectivity index (χ1n) is 7.48. The molecule has 1 aliphatic rings. The van der Waals surface area contributed by atoms with E-state index in [0.717, 1.165) is 24.5 Å². The summed E-state index contributed by atoms with van der Waals surface area (Å²) in [4.78, 5) is 0. The fraction of sp³-hybridized carbons (Fsp3) is 0.529. The molecule has 2 rings (SSSR count). The van der Waals surface area contributed by atoms with E-state index in [-0.39, 0.29) is 6.10 Å². The van der Waals surface area contributed by atoms with Crippen LogP contribution >= 0.6 is 0 Å². The van der Waals surface area contributed by atoms with Gasteiger partial charge in [-0.2, -0.15) is 0 Å². The highest BCUT2D eigenvalue weighted by Crippen LogP contribution is 2.30. The van der Waals surface area contributed by atoms with Crippen molar-refractivity contribution in [2.45, 2.75) is 32.5 Å². The van der Waals surface area contributed by atoms with Crippen molar-refractivity contribution in [1.29, 1.82) is 0 Å². The maximum Gasteiger partial charge on any atom is 0.161 e. The van der Waals surface area contributed by atoms with Gasteiger partial charge in [0.25, 0.3) is 0 Å². The van der Waals surface area contributed by atoms with Crippen LogP contribution in [0.15, 0.2) is 36.4 Å². The van der Waals surface area contributed by atoms with E-state index >= 15 is 0 Å². The molecule has 0 bridgehead atoms. The van der Waals surface area contributed by atoms with Crippen LogP contribution in [0.2, 0.25) is 0 Å². The van der Waals surface area contributed by atoms with Crippen molar-refractivity contribution in [3.8, 4) is 11.5 Å². The summed E-state index contributed by atoms with van der Waals surface area (Å²) in [6.45, 7) is 6.48. The first kappa shape index (κ1) is 15.9. The van der Waals surface area contributed by atoms with Crippen molar-refractivity contribution in [1.82, 2.24) is 0 Å². The SMILES string of the molecule is CC(C)OCC/C=C/COCC1COc2ccccc2O1. The number of fused-ring (bicyclic) bond motifs is 1. The van der Waals surface area contributed by atoms with Crippen LogP contribution in [0.25, 0.3) is 0 Å². The summed E-state index contributed by atoms with van der Waals surface area (Å²) < 4.78 is 22.5. The highest BCUT2D eigenvalue weighted by atomic mass is 16.6. The molecule has 1 aliphatic heterocycles. The summed E-state index contributed by atoms with van der Waals surface area (Å²) in [6, 6.07) is 7.70. The average Bonchev–Trinajstić information content (AvgIpc) is 2.49. The number of hydrogen-bond donors (Lipinski definition) is 0. The van der Waals surface area contributed by atoms with Crippen LogP contribution in [-0.4, -0.2) is 38.6 Å². The standard InChI is InChI=1S/C17H24O4/c1-14(2)19-11-7-3-6-10-18-12-15-13-20-16-8-4-5-9-17(16)21-15/h3-6,8-9,14-15H,7,10-13H2,1-2H3/b6-3+. The average molecular weight is 292 g/mol. The van der Waals surface area contributed by atoms with Gasteiger partial charge in [-0.25, -0.2) is 0 Å². The molecule has 0 saturated carbocycles. The second-order valence-corrected chi connectivity index (χ2v) is 5.21. The zero-order chi connectivity index (χ0) is 14.9. The molecule has 116 valence electrons. The van der Waals surface area contributed by atoms with E-state index in [2.05, 4.69) is 6.08 Å². The topological polar surface area (TPSA) is 36.9 Å². The van der Waals surface area contributed by atoms with Gasteiger partial charge in [0.2, 0.25) is 0 Å². The number of rotatable bonds is 8. The lowest BCUT2D eigenvalue weighted by Crippen LogP contribution is -2.33. The molecule has 0 spiro atoms. The Balaban J connectivity index is 1.57. The summed E-state index contributed by atoms with van der Waals surface area (Å²) in [7, 11) is 0. The molecule has 0 aromatic heterocycles. The number of benzene rings is 1. The molecule has 0 amide bonds. The molecular weight excluding hydrogens is 268 g/mol. The van der Waals surface area contributed by atoms with Crippen LogP contribution in [0.5, 0.6) is 11.5 Å². The normalized spacial score (nSPS) is 17.6. The molecule has 1 aromatic carbocycles. The maximum absolute atomic E-state index is 5.81. The Morgan fingerprint density at radius 3 is 2.86 bits per heavy atom. The van der Waals surface area contributed by atoms with Crippen LogP contribution in [0.4, 0.5) is 0 Å². The van der Waals surface area contributed by atoms with Crippen molar-refractivity contribution in [2.75, 3.05) is 26.4 Å². The predicted octanol–water partition coefficient (Wildman–Crippen LogP) is 3.21. The van der Waals surface area contributed by atoms with E-state index in [0.29, 0.717) is 25.9 Å². The van der Waals surface area contributed by atoms with Gasteiger partial charge in [0.05, 0.1) is 25.9 Å². The smallest absolute Gasteiger partial charge is 0.161 e. The van der Waals surface area contributed by atoms with Crippen molar-refractivity contribution in [3.05, 3.63) is 36.4 Å². The summed E-state index contributed by atoms with van der Waals surface area (Å²) >= 11 is 0. The molecule has 0 N–H and O–H groups in total. The zero-order valence-corrected chi connectivity index (χ0v) is 12.8. The molecule has 1 atom stereocenters. The van der Waals surface area contributed by atoms with Crippen molar-refractivity contribution in [3.63, 3.8) is 0 Å². The van der Waals surface area contributed by atoms with Crippen LogP contribution in [0, 0.1) is 0 Å². The number of para-hydroxylation sites is 2. The van der Waals surface area contributed by atoms with E-state index in [4.69, 9.17) is 18.9 Å². The molecule has 0 fully saturated rings. The molecule has 1 aromatic rings. The third kappa shape index (κ3) is 5.78. The molecule has 0 saturated heterocycles. The van der Waals surface area contributed by atoms with Crippen molar-refractivity contribution < 1.29 is 18.9 Å². The summed E-state index contributed by atoms with van der Waals surface area (Å²) in [6.07, 6.45) is 5.26. The van der Waals surface area contributed by atoms with Gasteiger partial charge in [0.15, 0.2) is 17.6 Å². The van der Waals surface area contributed by atoms with Crippen molar-refractivity contribution in [2.24, 2.45) is 0 Å². The second kappa shape index (κ2) is 8.70. The lowest BCUT2D eigenvalue weighted by atomic mass is 10.3. The Hall–Kier alpha value is -1.52. The van der Waals surface area contributed by atoms with Crippen molar-refractivity contribution >= 4 is 0 Å². The van der Waals surface area contributed by atoms with Gasteiger partial charge in [-0.1, -0.05) is 24.3 Å². The van der Waals surface area contributed by atoms with E-state index in [1.807, 2.05) is 44.2 Å². The minimum Gasteiger partial charge on any atom is -0.486 e. The Bertz CT molecular complexity index is 442. The Morgan fingerprint density at radius 2 is 2.05 bits per heavy atom. The molecule has 1 unspecified atom stereocenters. The lowest BCUT2D eigenvalue weighted by molar-refractivity contribution is 0.0171. The monoisotopic (exact) mass is 292 g/mol. The van der Waals surface area contributed by atoms with E-state index in [9.17, 15) is 0 Å². The van der Waals surface area contributed by atoms with Gasteiger partial charge in [0.1, 0.15) is 6.61 Å². The lowest BCUT2D eigenvalue weighted by Gasteiger charge is -2.26. The maximum atomic E-state index is 5.81. The third-order valence-electron chi connectivity index (χ3n) is 2.99.